The summed E-state index contributed by atoms with van der Waals surface area (Å²) in [5.74, 6) is -1.16. The van der Waals surface area contributed by atoms with E-state index in [9.17, 15) is 18.8 Å². The van der Waals surface area contributed by atoms with Crippen molar-refractivity contribution < 1.29 is 18.8 Å². The van der Waals surface area contributed by atoms with E-state index in [1.165, 1.54) is 17.0 Å². The van der Waals surface area contributed by atoms with Gasteiger partial charge in [0.2, 0.25) is 17.7 Å². The predicted octanol–water partition coefficient (Wildman–Crippen LogP) is 0.705. The number of rotatable bonds is 5. The lowest BCUT2D eigenvalue weighted by Crippen LogP contribution is -2.59. The number of carbonyl (C=O) groups is 3. The first-order valence-corrected chi connectivity index (χ1v) is 8.78. The third-order valence-electron chi connectivity index (χ3n) is 5.33. The van der Waals surface area contributed by atoms with E-state index in [1.807, 2.05) is 4.90 Å². The first-order chi connectivity index (χ1) is 12.4. The molecule has 0 unspecified atom stereocenters. The highest BCUT2D eigenvalue weighted by Gasteiger charge is 2.46. The van der Waals surface area contributed by atoms with Gasteiger partial charge < -0.3 is 11.1 Å². The molecule has 3 rings (SSSR count). The van der Waals surface area contributed by atoms with Gasteiger partial charge in [-0.1, -0.05) is 0 Å². The van der Waals surface area contributed by atoms with Crippen LogP contribution < -0.4 is 11.1 Å². The Morgan fingerprint density at radius 2 is 1.88 bits per heavy atom. The largest absolute Gasteiger partial charge is 0.371 e. The van der Waals surface area contributed by atoms with Crippen molar-refractivity contribution in [2.75, 3.05) is 25.0 Å². The lowest BCUT2D eigenvalue weighted by Gasteiger charge is -2.42. The molecule has 1 aromatic rings. The van der Waals surface area contributed by atoms with Gasteiger partial charge in [0.1, 0.15) is 11.4 Å². The van der Waals surface area contributed by atoms with E-state index in [0.717, 1.165) is 0 Å². The van der Waals surface area contributed by atoms with Gasteiger partial charge in [-0.25, -0.2) is 4.39 Å². The van der Waals surface area contributed by atoms with Crippen LogP contribution in [0.4, 0.5) is 10.1 Å². The molecule has 26 heavy (non-hydrogen) atoms. The Kier molecular flexibility index (Phi) is 4.95. The van der Waals surface area contributed by atoms with Crippen LogP contribution in [-0.4, -0.2) is 58.7 Å². The van der Waals surface area contributed by atoms with E-state index < -0.39 is 17.5 Å². The van der Waals surface area contributed by atoms with Gasteiger partial charge in [0, 0.05) is 25.3 Å². The summed E-state index contributed by atoms with van der Waals surface area (Å²) in [6.07, 6.45) is 0.995. The number of nitrogens with two attached hydrogens (primary N) is 1. The topological polar surface area (TPSA) is 95.7 Å². The molecule has 0 saturated carbocycles. The molecule has 2 aliphatic heterocycles. The maximum atomic E-state index is 13.1. The summed E-state index contributed by atoms with van der Waals surface area (Å²) >= 11 is 0. The maximum Gasteiger partial charge on any atom is 0.247 e. The number of hydrogen-bond acceptors (Lipinski definition) is 5. The Hall–Kier alpha value is -2.48. The number of nitrogens with zero attached hydrogens (tertiary/aromatic N) is 2. The van der Waals surface area contributed by atoms with Crippen molar-refractivity contribution in [1.29, 1.82) is 0 Å². The summed E-state index contributed by atoms with van der Waals surface area (Å²) < 4.78 is 13.1. The number of hydrogen-bond donors (Lipinski definition) is 2. The molecule has 2 aliphatic rings. The van der Waals surface area contributed by atoms with Crippen molar-refractivity contribution >= 4 is 23.4 Å². The number of halogens is 1. The Labute approximate surface area is 151 Å². The van der Waals surface area contributed by atoms with Crippen molar-refractivity contribution in [3.8, 4) is 0 Å². The van der Waals surface area contributed by atoms with Gasteiger partial charge >= 0.3 is 0 Å². The molecule has 7 nitrogen and oxygen atoms in total. The lowest BCUT2D eigenvalue weighted by molar-refractivity contribution is -0.139. The van der Waals surface area contributed by atoms with Crippen LogP contribution in [0.15, 0.2) is 24.3 Å². The molecule has 2 saturated heterocycles. The van der Waals surface area contributed by atoms with E-state index in [1.54, 1.807) is 19.1 Å². The first-order valence-electron chi connectivity index (χ1n) is 8.78. The maximum absolute atomic E-state index is 13.1. The number of likely N-dealkylation sites (tertiary alicyclic amines) is 2. The average Bonchev–Trinajstić information content (AvgIpc) is 2.91. The fourth-order valence-electron chi connectivity index (χ4n) is 3.74. The zero-order valence-electron chi connectivity index (χ0n) is 14.7. The van der Waals surface area contributed by atoms with Crippen molar-refractivity contribution in [3.63, 3.8) is 0 Å². The number of piperidine rings is 1. The van der Waals surface area contributed by atoms with Crippen molar-refractivity contribution in [2.24, 2.45) is 5.73 Å². The van der Waals surface area contributed by atoms with Gasteiger partial charge in [0.05, 0.1) is 12.5 Å². The van der Waals surface area contributed by atoms with Crippen LogP contribution in [0, 0.1) is 5.82 Å². The number of imide groups is 1. The number of benzene rings is 1. The van der Waals surface area contributed by atoms with E-state index in [0.29, 0.717) is 38.2 Å². The van der Waals surface area contributed by atoms with E-state index in [4.69, 9.17) is 5.73 Å². The van der Waals surface area contributed by atoms with Crippen LogP contribution in [-0.2, 0) is 14.4 Å². The Bertz CT molecular complexity index is 714. The molecule has 3 amide bonds. The second kappa shape index (κ2) is 7.03. The SMILES string of the molecule is CCN1C(=O)C[C@@H](N2CCC(Nc3ccc(F)cc3)(C(N)=O)CC2)C1=O. The van der Waals surface area contributed by atoms with E-state index in [-0.39, 0.29) is 24.1 Å². The summed E-state index contributed by atoms with van der Waals surface area (Å²) in [5.41, 5.74) is 5.31. The highest BCUT2D eigenvalue weighted by Crippen LogP contribution is 2.30. The minimum absolute atomic E-state index is 0.154. The minimum Gasteiger partial charge on any atom is -0.371 e. The molecule has 2 fully saturated rings. The number of likely N-dealkylation sites (N-methyl/N-ethyl adjacent to an activating group) is 1. The van der Waals surface area contributed by atoms with Crippen LogP contribution in [0.5, 0.6) is 0 Å². The number of carbonyl (C=O) groups excluding carboxylic acids is 3. The molecule has 1 aromatic carbocycles. The highest BCUT2D eigenvalue weighted by molar-refractivity contribution is 6.05. The number of nitrogens with one attached hydrogen (secondary N) is 1. The Morgan fingerprint density at radius 1 is 1.27 bits per heavy atom. The van der Waals surface area contributed by atoms with E-state index >= 15 is 0 Å². The zero-order chi connectivity index (χ0) is 18.9. The molecule has 3 N–H and O–H groups in total. The van der Waals surface area contributed by atoms with Crippen molar-refractivity contribution in [2.45, 2.75) is 37.8 Å². The quantitative estimate of drug-likeness (QED) is 0.752. The van der Waals surface area contributed by atoms with Crippen LogP contribution in [0.3, 0.4) is 0 Å². The van der Waals surface area contributed by atoms with Gasteiger partial charge in [-0.3, -0.25) is 24.2 Å². The molecule has 1 atom stereocenters. The molecule has 0 radical (unpaired) electrons. The van der Waals surface area contributed by atoms with Gasteiger partial charge in [-0.2, -0.15) is 0 Å². The molecule has 8 heteroatoms. The van der Waals surface area contributed by atoms with Gasteiger partial charge in [-0.05, 0) is 44.0 Å². The Morgan fingerprint density at radius 3 is 2.38 bits per heavy atom. The standard InChI is InChI=1S/C18H23FN4O3/c1-2-23-15(24)11-14(16(23)25)22-9-7-18(8-10-22,17(20)26)21-13-5-3-12(19)4-6-13/h3-6,14,21H,2,7-11H2,1H3,(H2,20,26)/t14-/m1/s1. The van der Waals surface area contributed by atoms with Crippen LogP contribution in [0.2, 0.25) is 0 Å². The van der Waals surface area contributed by atoms with Crippen molar-refractivity contribution in [3.05, 3.63) is 30.1 Å². The molecule has 2 heterocycles. The molecule has 0 aliphatic carbocycles. The smallest absolute Gasteiger partial charge is 0.247 e. The third-order valence-corrected chi connectivity index (χ3v) is 5.33. The predicted molar refractivity (Wildman–Crippen MR) is 93.6 cm³/mol. The Balaban J connectivity index is 1.70. The second-order valence-electron chi connectivity index (χ2n) is 6.81. The number of anilines is 1. The summed E-state index contributed by atoms with van der Waals surface area (Å²) in [6.45, 7) is 3.09. The fraction of sp³-hybridized carbons (Fsp3) is 0.500. The molecule has 0 bridgehead atoms. The summed E-state index contributed by atoms with van der Waals surface area (Å²) in [4.78, 5) is 39.7. The van der Waals surface area contributed by atoms with Gasteiger partial charge in [-0.15, -0.1) is 0 Å². The summed E-state index contributed by atoms with van der Waals surface area (Å²) in [6, 6.07) is 5.29. The van der Waals surface area contributed by atoms with Crippen LogP contribution >= 0.6 is 0 Å². The lowest BCUT2D eigenvalue weighted by atomic mass is 9.85. The van der Waals surface area contributed by atoms with E-state index in [2.05, 4.69) is 5.32 Å². The monoisotopic (exact) mass is 362 g/mol. The van der Waals surface area contributed by atoms with Crippen LogP contribution in [0.1, 0.15) is 26.2 Å². The molecule has 0 spiro atoms. The normalized spacial score (nSPS) is 23.3. The summed E-state index contributed by atoms with van der Waals surface area (Å²) in [7, 11) is 0. The van der Waals surface area contributed by atoms with Crippen LogP contribution in [0.25, 0.3) is 0 Å². The van der Waals surface area contributed by atoms with Gasteiger partial charge in [0.25, 0.3) is 0 Å². The first kappa shape index (κ1) is 18.3. The number of primary amides is 1. The van der Waals surface area contributed by atoms with Crippen molar-refractivity contribution in [1.82, 2.24) is 9.80 Å². The zero-order valence-corrected chi connectivity index (χ0v) is 14.7. The summed E-state index contributed by atoms with van der Waals surface area (Å²) in [5, 5.41) is 3.14. The highest BCUT2D eigenvalue weighted by atomic mass is 19.1. The molecule has 0 aromatic heterocycles. The number of amides is 3. The second-order valence-corrected chi connectivity index (χ2v) is 6.81. The molecular weight excluding hydrogens is 339 g/mol. The molecular formula is C18H23FN4O3. The minimum atomic E-state index is -0.954. The molecule has 140 valence electrons. The average molecular weight is 362 g/mol. The van der Waals surface area contributed by atoms with Gasteiger partial charge in [0.15, 0.2) is 0 Å². The third kappa shape index (κ3) is 3.29. The fourth-order valence-corrected chi connectivity index (χ4v) is 3.74.